The first-order chi connectivity index (χ1) is 7.40. The van der Waals surface area contributed by atoms with Crippen LogP contribution in [0.4, 0.5) is 5.69 Å². The van der Waals surface area contributed by atoms with Crippen LogP contribution in [-0.4, -0.2) is 16.1 Å². The van der Waals surface area contributed by atoms with Crippen LogP contribution in [0.1, 0.15) is 37.7 Å². The molecule has 0 aromatic carbocycles. The molecule has 1 heterocycles. The van der Waals surface area contributed by atoms with E-state index in [2.05, 4.69) is 10.3 Å². The third kappa shape index (κ3) is 2.69. The Bertz CT molecular complexity index is 308. The third-order valence-electron chi connectivity index (χ3n) is 3.04. The number of rotatable bonds is 3. The van der Waals surface area contributed by atoms with Crippen LogP contribution in [0.15, 0.2) is 18.5 Å². The summed E-state index contributed by atoms with van der Waals surface area (Å²) in [5.74, 6) is 0. The number of hydrogen-bond acceptors (Lipinski definition) is 3. The number of pyridine rings is 1. The highest BCUT2D eigenvalue weighted by Gasteiger charge is 2.13. The van der Waals surface area contributed by atoms with Crippen molar-refractivity contribution in [3.8, 4) is 0 Å². The molecule has 3 heteroatoms. The van der Waals surface area contributed by atoms with E-state index in [1.54, 1.807) is 12.4 Å². The van der Waals surface area contributed by atoms with Crippen molar-refractivity contribution in [2.45, 2.75) is 44.8 Å². The summed E-state index contributed by atoms with van der Waals surface area (Å²) in [5, 5.41) is 12.7. The van der Waals surface area contributed by atoms with Crippen molar-refractivity contribution in [2.75, 3.05) is 5.32 Å². The summed E-state index contributed by atoms with van der Waals surface area (Å²) in [6, 6.07) is 2.52. The molecule has 0 unspecified atom stereocenters. The number of nitrogens with one attached hydrogen (secondary N) is 1. The van der Waals surface area contributed by atoms with E-state index in [1.807, 2.05) is 6.07 Å². The molecule has 0 spiro atoms. The smallest absolute Gasteiger partial charge is 0.0717 e. The van der Waals surface area contributed by atoms with Crippen LogP contribution < -0.4 is 5.32 Å². The molecule has 0 saturated heterocycles. The van der Waals surface area contributed by atoms with Crippen molar-refractivity contribution in [2.24, 2.45) is 0 Å². The van der Waals surface area contributed by atoms with Crippen molar-refractivity contribution in [3.05, 3.63) is 24.0 Å². The van der Waals surface area contributed by atoms with Gasteiger partial charge in [0.05, 0.1) is 6.61 Å². The Morgan fingerprint density at radius 2 is 2.13 bits per heavy atom. The van der Waals surface area contributed by atoms with Gasteiger partial charge in [0.25, 0.3) is 0 Å². The maximum Gasteiger partial charge on any atom is 0.0717 e. The minimum atomic E-state index is 0.0584. The molecule has 3 nitrogen and oxygen atoms in total. The van der Waals surface area contributed by atoms with Gasteiger partial charge in [-0.1, -0.05) is 19.3 Å². The standard InChI is InChI=1S/C12H18N2O/c15-9-10-8-13-7-6-12(10)14-11-4-2-1-3-5-11/h6-8,11,15H,1-5,9H2,(H,13,14). The van der Waals surface area contributed by atoms with Gasteiger partial charge in [0.2, 0.25) is 0 Å². The fraction of sp³-hybridized carbons (Fsp3) is 0.583. The van der Waals surface area contributed by atoms with Crippen LogP contribution in [0.2, 0.25) is 0 Å². The Labute approximate surface area is 90.5 Å². The molecule has 2 rings (SSSR count). The molecule has 1 fully saturated rings. The van der Waals surface area contributed by atoms with Crippen LogP contribution in [0.5, 0.6) is 0 Å². The molecule has 1 aromatic heterocycles. The lowest BCUT2D eigenvalue weighted by Gasteiger charge is -2.24. The number of aromatic nitrogens is 1. The van der Waals surface area contributed by atoms with E-state index in [0.29, 0.717) is 6.04 Å². The van der Waals surface area contributed by atoms with Crippen molar-refractivity contribution in [3.63, 3.8) is 0 Å². The quantitative estimate of drug-likeness (QED) is 0.797. The summed E-state index contributed by atoms with van der Waals surface area (Å²) in [7, 11) is 0. The largest absolute Gasteiger partial charge is 0.392 e. The first-order valence-electron chi connectivity index (χ1n) is 5.70. The molecule has 1 aromatic rings. The minimum Gasteiger partial charge on any atom is -0.392 e. The molecule has 1 aliphatic carbocycles. The number of aliphatic hydroxyl groups is 1. The molecule has 0 bridgehead atoms. The van der Waals surface area contributed by atoms with Crippen molar-refractivity contribution < 1.29 is 5.11 Å². The van der Waals surface area contributed by atoms with E-state index in [-0.39, 0.29) is 6.61 Å². The van der Waals surface area contributed by atoms with Crippen LogP contribution in [0.25, 0.3) is 0 Å². The van der Waals surface area contributed by atoms with Gasteiger partial charge in [-0.25, -0.2) is 0 Å². The summed E-state index contributed by atoms with van der Waals surface area (Å²) in [6.07, 6.45) is 9.98. The Morgan fingerprint density at radius 1 is 1.33 bits per heavy atom. The minimum absolute atomic E-state index is 0.0584. The molecule has 0 radical (unpaired) electrons. The van der Waals surface area contributed by atoms with Gasteiger partial charge in [-0.05, 0) is 18.9 Å². The molecule has 82 valence electrons. The highest BCUT2D eigenvalue weighted by Crippen LogP contribution is 2.23. The number of hydrogen-bond donors (Lipinski definition) is 2. The second-order valence-electron chi connectivity index (χ2n) is 4.17. The average Bonchev–Trinajstić information content (AvgIpc) is 2.31. The molecule has 2 N–H and O–H groups in total. The molecule has 15 heavy (non-hydrogen) atoms. The van der Waals surface area contributed by atoms with Crippen molar-refractivity contribution in [1.29, 1.82) is 0 Å². The van der Waals surface area contributed by atoms with E-state index >= 15 is 0 Å². The van der Waals surface area contributed by atoms with Gasteiger partial charge >= 0.3 is 0 Å². The van der Waals surface area contributed by atoms with Crippen LogP contribution in [-0.2, 0) is 6.61 Å². The zero-order valence-electron chi connectivity index (χ0n) is 8.95. The third-order valence-corrected chi connectivity index (χ3v) is 3.04. The second kappa shape index (κ2) is 5.12. The van der Waals surface area contributed by atoms with Crippen molar-refractivity contribution >= 4 is 5.69 Å². The average molecular weight is 206 g/mol. The van der Waals surface area contributed by atoms with Gasteiger partial charge in [-0.2, -0.15) is 0 Å². The number of anilines is 1. The molecular formula is C12H18N2O. The normalized spacial score (nSPS) is 17.7. The first kappa shape index (κ1) is 10.4. The Kier molecular flexibility index (Phi) is 3.56. The molecular weight excluding hydrogens is 188 g/mol. The van der Waals surface area contributed by atoms with E-state index in [1.165, 1.54) is 32.1 Å². The van der Waals surface area contributed by atoms with Gasteiger partial charge in [-0.3, -0.25) is 4.98 Å². The monoisotopic (exact) mass is 206 g/mol. The molecule has 0 amide bonds. The summed E-state index contributed by atoms with van der Waals surface area (Å²) < 4.78 is 0. The Balaban J connectivity index is 2.02. The van der Waals surface area contributed by atoms with Crippen LogP contribution >= 0.6 is 0 Å². The van der Waals surface area contributed by atoms with Crippen LogP contribution in [0.3, 0.4) is 0 Å². The topological polar surface area (TPSA) is 45.2 Å². The van der Waals surface area contributed by atoms with Gasteiger partial charge in [0.1, 0.15) is 0 Å². The van der Waals surface area contributed by atoms with E-state index in [9.17, 15) is 0 Å². The second-order valence-corrected chi connectivity index (χ2v) is 4.17. The zero-order chi connectivity index (χ0) is 10.5. The number of aliphatic hydroxyl groups excluding tert-OH is 1. The first-order valence-corrected chi connectivity index (χ1v) is 5.70. The Morgan fingerprint density at radius 3 is 2.87 bits per heavy atom. The lowest BCUT2D eigenvalue weighted by Crippen LogP contribution is -2.22. The van der Waals surface area contributed by atoms with Gasteiger partial charge < -0.3 is 10.4 Å². The van der Waals surface area contributed by atoms with E-state index in [4.69, 9.17) is 5.11 Å². The van der Waals surface area contributed by atoms with Gasteiger partial charge in [0.15, 0.2) is 0 Å². The highest BCUT2D eigenvalue weighted by molar-refractivity contribution is 5.49. The highest BCUT2D eigenvalue weighted by atomic mass is 16.3. The van der Waals surface area contributed by atoms with Crippen molar-refractivity contribution in [1.82, 2.24) is 4.98 Å². The van der Waals surface area contributed by atoms with Gasteiger partial charge in [0, 0.05) is 29.7 Å². The maximum atomic E-state index is 9.17. The van der Waals surface area contributed by atoms with E-state index < -0.39 is 0 Å². The maximum absolute atomic E-state index is 9.17. The fourth-order valence-corrected chi connectivity index (χ4v) is 2.16. The summed E-state index contributed by atoms with van der Waals surface area (Å²) >= 11 is 0. The summed E-state index contributed by atoms with van der Waals surface area (Å²) in [6.45, 7) is 0.0584. The fourth-order valence-electron chi connectivity index (χ4n) is 2.16. The van der Waals surface area contributed by atoms with Crippen LogP contribution in [0, 0.1) is 0 Å². The molecule has 1 aliphatic rings. The zero-order valence-corrected chi connectivity index (χ0v) is 8.95. The molecule has 1 saturated carbocycles. The lowest BCUT2D eigenvalue weighted by atomic mass is 9.95. The predicted octanol–water partition coefficient (Wildman–Crippen LogP) is 2.32. The Hall–Kier alpha value is -1.09. The van der Waals surface area contributed by atoms with Gasteiger partial charge in [-0.15, -0.1) is 0 Å². The lowest BCUT2D eigenvalue weighted by molar-refractivity contribution is 0.282. The van der Waals surface area contributed by atoms with E-state index in [0.717, 1.165) is 11.3 Å². The molecule has 0 atom stereocenters. The predicted molar refractivity (Wildman–Crippen MR) is 60.7 cm³/mol. The summed E-state index contributed by atoms with van der Waals surface area (Å²) in [5.41, 5.74) is 1.93. The SMILES string of the molecule is OCc1cnccc1NC1CCCCC1. The summed E-state index contributed by atoms with van der Waals surface area (Å²) in [4.78, 5) is 4.01. The number of nitrogens with zero attached hydrogens (tertiary/aromatic N) is 1. The molecule has 0 aliphatic heterocycles.